The van der Waals surface area contributed by atoms with Gasteiger partial charge in [-0.15, -0.1) is 0 Å². The van der Waals surface area contributed by atoms with E-state index in [0.717, 1.165) is 25.7 Å². The van der Waals surface area contributed by atoms with Gasteiger partial charge < -0.3 is 14.8 Å². The molecule has 0 aromatic carbocycles. The quantitative estimate of drug-likeness (QED) is 0.727. The van der Waals surface area contributed by atoms with Crippen molar-refractivity contribution in [3.8, 4) is 0 Å². The summed E-state index contributed by atoms with van der Waals surface area (Å²) < 4.78 is 9.72. The minimum atomic E-state index is -0.765. The van der Waals surface area contributed by atoms with E-state index >= 15 is 0 Å². The van der Waals surface area contributed by atoms with Gasteiger partial charge in [0.1, 0.15) is 5.76 Å². The molecule has 5 nitrogen and oxygen atoms in total. The molecule has 1 heterocycles. The summed E-state index contributed by atoms with van der Waals surface area (Å²) in [6.45, 7) is 3.88. The molecule has 0 saturated heterocycles. The molecule has 100 valence electrons. The Kier molecular flexibility index (Phi) is 3.32. The van der Waals surface area contributed by atoms with Crippen LogP contribution < -0.4 is 5.32 Å². The Morgan fingerprint density at radius 3 is 2.56 bits per heavy atom. The van der Waals surface area contributed by atoms with Crippen LogP contribution in [0.15, 0.2) is 11.3 Å². The smallest absolute Gasteiger partial charge is 0.437 e. The van der Waals surface area contributed by atoms with Crippen LogP contribution in [0.1, 0.15) is 39.5 Å². The topological polar surface area (TPSA) is 64.6 Å². The van der Waals surface area contributed by atoms with Crippen LogP contribution in [0.25, 0.3) is 0 Å². The first kappa shape index (κ1) is 12.9. The van der Waals surface area contributed by atoms with E-state index in [0.29, 0.717) is 17.3 Å². The molecule has 5 heteroatoms. The number of amides is 1. The molecule has 1 amide bonds. The molecule has 0 aromatic rings. The molecule has 0 aromatic heterocycles. The lowest BCUT2D eigenvalue weighted by molar-refractivity contribution is -0.118. The Hall–Kier alpha value is -1.52. The van der Waals surface area contributed by atoms with E-state index < -0.39 is 11.7 Å². The first-order chi connectivity index (χ1) is 8.48. The number of hydrogen-bond donors (Lipinski definition) is 1. The van der Waals surface area contributed by atoms with E-state index in [2.05, 4.69) is 17.0 Å². The molecule has 1 N–H and O–H groups in total. The molecule has 1 saturated carbocycles. The minimum absolute atomic E-state index is 0.150. The number of methoxy groups -OCH3 is 1. The summed E-state index contributed by atoms with van der Waals surface area (Å²) in [5.41, 5.74) is -0.0167. The van der Waals surface area contributed by atoms with Crippen LogP contribution in [0.5, 0.6) is 0 Å². The van der Waals surface area contributed by atoms with Gasteiger partial charge in [0, 0.05) is 0 Å². The maximum Gasteiger partial charge on any atom is 0.513 e. The fourth-order valence-corrected chi connectivity index (χ4v) is 2.74. The molecule has 1 spiro atoms. The van der Waals surface area contributed by atoms with E-state index in [1.54, 1.807) is 6.92 Å². The Labute approximate surface area is 107 Å². The zero-order chi connectivity index (χ0) is 13.3. The highest BCUT2D eigenvalue weighted by Crippen LogP contribution is 2.41. The van der Waals surface area contributed by atoms with Crippen molar-refractivity contribution in [3.05, 3.63) is 11.3 Å². The summed E-state index contributed by atoms with van der Waals surface area (Å²) in [6.07, 6.45) is 2.88. The van der Waals surface area contributed by atoms with Crippen molar-refractivity contribution in [2.24, 2.45) is 5.92 Å². The van der Waals surface area contributed by atoms with Crippen molar-refractivity contribution in [1.82, 2.24) is 5.32 Å². The zero-order valence-electron chi connectivity index (χ0n) is 11.0. The van der Waals surface area contributed by atoms with Gasteiger partial charge in [0.25, 0.3) is 5.91 Å². The molecular weight excluding hydrogens is 234 g/mol. The van der Waals surface area contributed by atoms with Crippen molar-refractivity contribution in [2.75, 3.05) is 7.11 Å². The van der Waals surface area contributed by atoms with Gasteiger partial charge in [-0.3, -0.25) is 4.79 Å². The number of rotatable bonds is 1. The molecule has 0 unspecified atom stereocenters. The van der Waals surface area contributed by atoms with Gasteiger partial charge in [-0.25, -0.2) is 4.79 Å². The number of ether oxygens (including phenoxy) is 2. The van der Waals surface area contributed by atoms with Crippen LogP contribution in [0.3, 0.4) is 0 Å². The third-order valence-corrected chi connectivity index (χ3v) is 3.95. The first-order valence-electron chi connectivity index (χ1n) is 6.28. The average molecular weight is 253 g/mol. The van der Waals surface area contributed by atoms with Gasteiger partial charge in [0.2, 0.25) is 0 Å². The van der Waals surface area contributed by atoms with Crippen molar-refractivity contribution in [2.45, 2.75) is 45.1 Å². The van der Waals surface area contributed by atoms with Gasteiger partial charge in [-0.2, -0.15) is 0 Å². The van der Waals surface area contributed by atoms with E-state index in [4.69, 9.17) is 4.74 Å². The summed E-state index contributed by atoms with van der Waals surface area (Å²) in [5, 5.41) is 2.97. The molecule has 2 rings (SSSR count). The maximum absolute atomic E-state index is 11.8. The van der Waals surface area contributed by atoms with Crippen molar-refractivity contribution < 1.29 is 19.1 Å². The lowest BCUT2D eigenvalue weighted by Gasteiger charge is -2.37. The van der Waals surface area contributed by atoms with Crippen LogP contribution in [0.4, 0.5) is 4.79 Å². The van der Waals surface area contributed by atoms with E-state index in [1.807, 2.05) is 0 Å². The third kappa shape index (κ3) is 2.09. The molecule has 2 aliphatic rings. The van der Waals surface area contributed by atoms with Crippen molar-refractivity contribution in [3.63, 3.8) is 0 Å². The van der Waals surface area contributed by atoms with Gasteiger partial charge in [-0.1, -0.05) is 6.92 Å². The Morgan fingerprint density at radius 1 is 1.39 bits per heavy atom. The fraction of sp³-hybridized carbons (Fsp3) is 0.692. The number of carbonyl (C=O) groups excluding carboxylic acids is 2. The number of nitrogens with one attached hydrogen (secondary N) is 1. The average Bonchev–Trinajstić information content (AvgIpc) is 2.58. The zero-order valence-corrected chi connectivity index (χ0v) is 11.0. The second kappa shape index (κ2) is 4.63. The summed E-state index contributed by atoms with van der Waals surface area (Å²) in [5.74, 6) is 0.947. The number of hydrogen-bond acceptors (Lipinski definition) is 4. The first-order valence-corrected chi connectivity index (χ1v) is 6.28. The summed E-state index contributed by atoms with van der Waals surface area (Å²) in [4.78, 5) is 23.1. The molecular formula is C13H19NO4. The Morgan fingerprint density at radius 2 is 2.00 bits per heavy atom. The lowest BCUT2D eigenvalue weighted by Crippen LogP contribution is -2.47. The van der Waals surface area contributed by atoms with Gasteiger partial charge >= 0.3 is 6.16 Å². The summed E-state index contributed by atoms with van der Waals surface area (Å²) in [7, 11) is 1.26. The summed E-state index contributed by atoms with van der Waals surface area (Å²) in [6, 6.07) is 0. The van der Waals surface area contributed by atoms with Crippen molar-refractivity contribution >= 4 is 12.1 Å². The van der Waals surface area contributed by atoms with Crippen LogP contribution in [0, 0.1) is 5.92 Å². The van der Waals surface area contributed by atoms with E-state index in [9.17, 15) is 9.59 Å². The molecule has 1 fully saturated rings. The molecule has 1 aliphatic carbocycles. The molecule has 1 aliphatic heterocycles. The van der Waals surface area contributed by atoms with Crippen LogP contribution in [-0.2, 0) is 14.3 Å². The predicted molar refractivity (Wildman–Crippen MR) is 64.7 cm³/mol. The molecule has 0 radical (unpaired) electrons. The highest BCUT2D eigenvalue weighted by Gasteiger charge is 2.47. The highest BCUT2D eigenvalue weighted by molar-refractivity contribution is 5.98. The van der Waals surface area contributed by atoms with E-state index in [-0.39, 0.29) is 5.91 Å². The normalized spacial score (nSPS) is 31.5. The van der Waals surface area contributed by atoms with Crippen LogP contribution in [0.2, 0.25) is 0 Å². The lowest BCUT2D eigenvalue weighted by atomic mass is 9.76. The second-order valence-electron chi connectivity index (χ2n) is 5.23. The molecule has 18 heavy (non-hydrogen) atoms. The largest absolute Gasteiger partial charge is 0.513 e. The van der Waals surface area contributed by atoms with Gasteiger partial charge in [0.15, 0.2) is 0 Å². The SMILES string of the molecule is COC(=O)OC1=C(C)C(=O)NC12CCC(C)CC2. The van der Waals surface area contributed by atoms with E-state index in [1.165, 1.54) is 7.11 Å². The summed E-state index contributed by atoms with van der Waals surface area (Å²) >= 11 is 0. The van der Waals surface area contributed by atoms with Crippen molar-refractivity contribution in [1.29, 1.82) is 0 Å². The minimum Gasteiger partial charge on any atom is -0.437 e. The Bertz CT molecular complexity index is 405. The highest BCUT2D eigenvalue weighted by atomic mass is 16.7. The Balaban J connectivity index is 2.25. The van der Waals surface area contributed by atoms with Crippen LogP contribution >= 0.6 is 0 Å². The van der Waals surface area contributed by atoms with Gasteiger partial charge in [-0.05, 0) is 38.5 Å². The van der Waals surface area contributed by atoms with Crippen LogP contribution in [-0.4, -0.2) is 24.7 Å². The fourth-order valence-electron chi connectivity index (χ4n) is 2.74. The maximum atomic E-state index is 11.8. The second-order valence-corrected chi connectivity index (χ2v) is 5.23. The molecule has 0 bridgehead atoms. The predicted octanol–water partition coefficient (Wildman–Crippen LogP) is 2.12. The monoisotopic (exact) mass is 253 g/mol. The van der Waals surface area contributed by atoms with Gasteiger partial charge in [0.05, 0.1) is 18.2 Å². The molecule has 0 atom stereocenters. The third-order valence-electron chi connectivity index (χ3n) is 3.95. The standard InChI is InChI=1S/C13H19NO4/c1-8-4-6-13(7-5-8)10(18-12(16)17-3)9(2)11(15)14-13/h8H,4-7H2,1-3H3,(H,14,15). The number of carbonyl (C=O) groups is 2.